The average molecular weight is 488 g/mol. The summed E-state index contributed by atoms with van der Waals surface area (Å²) in [6, 6.07) is 10.4. The van der Waals surface area contributed by atoms with Crippen LogP contribution in [0.5, 0.6) is 0 Å². The van der Waals surface area contributed by atoms with Gasteiger partial charge in [-0.2, -0.15) is 13.2 Å². The van der Waals surface area contributed by atoms with Crippen molar-refractivity contribution in [3.63, 3.8) is 0 Å². The Morgan fingerprint density at radius 2 is 1.90 bits per heavy atom. The summed E-state index contributed by atoms with van der Waals surface area (Å²) in [5.74, 6) is 1.31. The van der Waals surface area contributed by atoms with E-state index in [4.69, 9.17) is 0 Å². The highest BCUT2D eigenvalue weighted by atomic mass is 79.9. The fourth-order valence-electron chi connectivity index (χ4n) is 3.10. The SMILES string of the molecule is O=C(CCSc1ccccc1Br)N1CCCN(c2ccc(C(F)(F)F)cn2)CC1. The molecule has 0 N–H and O–H groups in total. The number of hydrogen-bond donors (Lipinski definition) is 0. The highest BCUT2D eigenvalue weighted by Gasteiger charge is 2.31. The minimum Gasteiger partial charge on any atom is -0.355 e. The van der Waals surface area contributed by atoms with Crippen LogP contribution in [0.3, 0.4) is 0 Å². The van der Waals surface area contributed by atoms with Crippen molar-refractivity contribution < 1.29 is 18.0 Å². The van der Waals surface area contributed by atoms with E-state index in [1.807, 2.05) is 34.1 Å². The van der Waals surface area contributed by atoms with Gasteiger partial charge >= 0.3 is 6.18 Å². The Kier molecular flexibility index (Phi) is 7.45. The van der Waals surface area contributed by atoms with Crippen molar-refractivity contribution in [3.8, 4) is 0 Å². The van der Waals surface area contributed by atoms with E-state index in [-0.39, 0.29) is 5.91 Å². The minimum absolute atomic E-state index is 0.104. The normalized spacial score (nSPS) is 15.3. The Morgan fingerprint density at radius 1 is 1.10 bits per heavy atom. The zero-order chi connectivity index (χ0) is 20.9. The van der Waals surface area contributed by atoms with Crippen molar-refractivity contribution in [2.24, 2.45) is 0 Å². The minimum atomic E-state index is -4.39. The number of hydrogen-bond acceptors (Lipinski definition) is 4. The molecule has 1 aromatic carbocycles. The number of nitrogens with zero attached hydrogens (tertiary/aromatic N) is 3. The molecule has 29 heavy (non-hydrogen) atoms. The first-order valence-electron chi connectivity index (χ1n) is 9.28. The number of thioether (sulfide) groups is 1. The number of pyridine rings is 1. The number of anilines is 1. The van der Waals surface area contributed by atoms with Crippen LogP contribution >= 0.6 is 27.7 Å². The van der Waals surface area contributed by atoms with Gasteiger partial charge in [-0.15, -0.1) is 11.8 Å². The summed E-state index contributed by atoms with van der Waals surface area (Å²) < 4.78 is 39.1. The molecule has 1 fully saturated rings. The number of carbonyl (C=O) groups excluding carboxylic acids is 1. The van der Waals surface area contributed by atoms with E-state index in [1.54, 1.807) is 11.8 Å². The van der Waals surface area contributed by atoms with Gasteiger partial charge in [0.05, 0.1) is 5.56 Å². The second-order valence-corrected chi connectivity index (χ2v) is 8.64. The first kappa shape index (κ1) is 22.0. The first-order valence-corrected chi connectivity index (χ1v) is 11.1. The van der Waals surface area contributed by atoms with Gasteiger partial charge in [0.1, 0.15) is 5.82 Å². The molecule has 1 amide bonds. The van der Waals surface area contributed by atoms with E-state index in [0.29, 0.717) is 44.2 Å². The first-order chi connectivity index (χ1) is 13.8. The lowest BCUT2D eigenvalue weighted by Gasteiger charge is -2.23. The zero-order valence-electron chi connectivity index (χ0n) is 15.7. The van der Waals surface area contributed by atoms with Crippen molar-refractivity contribution >= 4 is 39.4 Å². The Balaban J connectivity index is 1.50. The maximum absolute atomic E-state index is 12.7. The summed E-state index contributed by atoms with van der Waals surface area (Å²) in [6.45, 7) is 2.41. The van der Waals surface area contributed by atoms with Gasteiger partial charge in [0.25, 0.3) is 0 Å². The third-order valence-electron chi connectivity index (χ3n) is 4.66. The number of carbonyl (C=O) groups is 1. The van der Waals surface area contributed by atoms with Gasteiger partial charge in [0.15, 0.2) is 0 Å². The molecule has 1 saturated heterocycles. The molecule has 0 saturated carbocycles. The van der Waals surface area contributed by atoms with Gasteiger partial charge in [0, 0.05) is 53.9 Å². The van der Waals surface area contributed by atoms with E-state index in [9.17, 15) is 18.0 Å². The Morgan fingerprint density at radius 3 is 2.59 bits per heavy atom. The van der Waals surface area contributed by atoms with Crippen molar-refractivity contribution in [1.82, 2.24) is 9.88 Å². The number of amides is 1. The number of benzene rings is 1. The second kappa shape index (κ2) is 9.84. The molecule has 3 rings (SSSR count). The molecule has 1 aliphatic heterocycles. The summed E-state index contributed by atoms with van der Waals surface area (Å²) >= 11 is 5.14. The van der Waals surface area contributed by atoms with Crippen molar-refractivity contribution in [2.45, 2.75) is 23.9 Å². The molecular weight excluding hydrogens is 467 g/mol. The molecule has 0 bridgehead atoms. The molecule has 4 nitrogen and oxygen atoms in total. The van der Waals surface area contributed by atoms with E-state index < -0.39 is 11.7 Å². The molecule has 2 heterocycles. The molecule has 0 radical (unpaired) electrons. The van der Waals surface area contributed by atoms with Gasteiger partial charge in [-0.05, 0) is 46.6 Å². The predicted molar refractivity (Wildman–Crippen MR) is 112 cm³/mol. The fraction of sp³-hybridized carbons (Fsp3) is 0.400. The van der Waals surface area contributed by atoms with Gasteiger partial charge in [-0.1, -0.05) is 12.1 Å². The molecule has 9 heteroatoms. The Bertz CT molecular complexity index is 832. The number of alkyl halides is 3. The van der Waals surface area contributed by atoms with Crippen LogP contribution in [0.2, 0.25) is 0 Å². The topological polar surface area (TPSA) is 36.4 Å². The summed E-state index contributed by atoms with van der Waals surface area (Å²) in [4.78, 5) is 21.4. The van der Waals surface area contributed by atoms with Gasteiger partial charge < -0.3 is 9.80 Å². The van der Waals surface area contributed by atoms with Gasteiger partial charge in [-0.3, -0.25) is 4.79 Å². The standard InChI is InChI=1S/C20H21BrF3N3OS/c21-16-4-1-2-5-17(16)29-13-8-19(28)27-10-3-9-26(11-12-27)18-7-6-15(14-25-18)20(22,23)24/h1-2,4-7,14H,3,8-13H2. The van der Waals surface area contributed by atoms with Crippen LogP contribution in [0.15, 0.2) is 52.0 Å². The zero-order valence-corrected chi connectivity index (χ0v) is 18.1. The number of rotatable bonds is 5. The fourth-order valence-corrected chi connectivity index (χ4v) is 4.61. The van der Waals surface area contributed by atoms with Crippen LogP contribution in [0, 0.1) is 0 Å². The van der Waals surface area contributed by atoms with Crippen LogP contribution in [-0.4, -0.2) is 47.7 Å². The van der Waals surface area contributed by atoms with Crippen molar-refractivity contribution in [1.29, 1.82) is 0 Å². The molecule has 0 spiro atoms. The van der Waals surface area contributed by atoms with E-state index in [1.165, 1.54) is 6.07 Å². The van der Waals surface area contributed by atoms with Crippen LogP contribution in [-0.2, 0) is 11.0 Å². The van der Waals surface area contributed by atoms with Crippen LogP contribution < -0.4 is 4.90 Å². The molecule has 1 aromatic heterocycles. The summed E-state index contributed by atoms with van der Waals surface area (Å²) in [5.41, 5.74) is -0.754. The van der Waals surface area contributed by atoms with E-state index >= 15 is 0 Å². The molecule has 0 aliphatic carbocycles. The highest BCUT2D eigenvalue weighted by molar-refractivity contribution is 9.10. The molecule has 0 atom stereocenters. The third-order valence-corrected chi connectivity index (χ3v) is 6.69. The average Bonchev–Trinajstić information content (AvgIpc) is 2.95. The van der Waals surface area contributed by atoms with Gasteiger partial charge in [-0.25, -0.2) is 4.98 Å². The lowest BCUT2D eigenvalue weighted by atomic mass is 10.2. The lowest BCUT2D eigenvalue weighted by molar-refractivity contribution is -0.137. The summed E-state index contributed by atoms with van der Waals surface area (Å²) in [5, 5.41) is 0. The number of aromatic nitrogens is 1. The Hall–Kier alpha value is -1.74. The summed E-state index contributed by atoms with van der Waals surface area (Å²) in [6.07, 6.45) is -2.32. The highest BCUT2D eigenvalue weighted by Crippen LogP contribution is 2.30. The quantitative estimate of drug-likeness (QED) is 0.550. The van der Waals surface area contributed by atoms with Crippen molar-refractivity contribution in [3.05, 3.63) is 52.6 Å². The van der Waals surface area contributed by atoms with E-state index in [2.05, 4.69) is 20.9 Å². The maximum atomic E-state index is 12.7. The summed E-state index contributed by atoms with van der Waals surface area (Å²) in [7, 11) is 0. The molecule has 1 aliphatic rings. The molecular formula is C20H21BrF3N3OS. The molecule has 2 aromatic rings. The van der Waals surface area contributed by atoms with Crippen LogP contribution in [0.1, 0.15) is 18.4 Å². The lowest BCUT2D eigenvalue weighted by Crippen LogP contribution is -2.35. The van der Waals surface area contributed by atoms with Crippen molar-refractivity contribution in [2.75, 3.05) is 36.8 Å². The van der Waals surface area contributed by atoms with Gasteiger partial charge in [0.2, 0.25) is 5.91 Å². The maximum Gasteiger partial charge on any atom is 0.417 e. The van der Waals surface area contributed by atoms with Crippen LogP contribution in [0.4, 0.5) is 19.0 Å². The monoisotopic (exact) mass is 487 g/mol. The Labute approximate surface area is 180 Å². The van der Waals surface area contributed by atoms with Crippen LogP contribution in [0.25, 0.3) is 0 Å². The number of halogens is 4. The smallest absolute Gasteiger partial charge is 0.355 e. The predicted octanol–water partition coefficient (Wildman–Crippen LogP) is 5.08. The van der Waals surface area contributed by atoms with E-state index in [0.717, 1.165) is 28.1 Å². The molecule has 0 unspecified atom stereocenters. The largest absolute Gasteiger partial charge is 0.417 e. The molecule has 156 valence electrons. The second-order valence-electron chi connectivity index (χ2n) is 6.65. The third kappa shape index (κ3) is 6.12.